The van der Waals surface area contributed by atoms with Crippen molar-refractivity contribution in [2.45, 2.75) is 6.61 Å². The van der Waals surface area contributed by atoms with Crippen LogP contribution in [0.3, 0.4) is 0 Å². The normalized spacial score (nSPS) is 10.7. The summed E-state index contributed by atoms with van der Waals surface area (Å²) in [5.74, 6) is 1.04. The molecule has 0 unspecified atom stereocenters. The lowest BCUT2D eigenvalue weighted by molar-refractivity contribution is 0.0950. The molecule has 3 aromatic rings. The van der Waals surface area contributed by atoms with Gasteiger partial charge < -0.3 is 14.2 Å². The zero-order chi connectivity index (χ0) is 24.5. The third kappa shape index (κ3) is 6.76. The maximum absolute atomic E-state index is 12.7. The summed E-state index contributed by atoms with van der Waals surface area (Å²) in [6, 6.07) is 15.5. The van der Waals surface area contributed by atoms with Crippen LogP contribution in [0.15, 0.2) is 76.8 Å². The smallest absolute Gasteiger partial charge is 0.275 e. The van der Waals surface area contributed by atoms with E-state index in [9.17, 15) is 4.79 Å². The first-order chi connectivity index (χ1) is 16.4. The Bertz CT molecular complexity index is 1220. The number of amides is 1. The van der Waals surface area contributed by atoms with Gasteiger partial charge in [-0.15, -0.1) is 0 Å². The maximum atomic E-state index is 12.7. The van der Waals surface area contributed by atoms with Gasteiger partial charge in [-0.3, -0.25) is 4.79 Å². The zero-order valence-electron chi connectivity index (χ0n) is 18.2. The van der Waals surface area contributed by atoms with E-state index >= 15 is 0 Å². The summed E-state index contributed by atoms with van der Waals surface area (Å²) in [4.78, 5) is 12.7. The van der Waals surface area contributed by atoms with E-state index in [0.717, 1.165) is 5.56 Å². The minimum atomic E-state index is -0.425. The van der Waals surface area contributed by atoms with Gasteiger partial charge in [0, 0.05) is 15.6 Å². The summed E-state index contributed by atoms with van der Waals surface area (Å²) in [5, 5.41) is 5.08. The van der Waals surface area contributed by atoms with Crippen LogP contribution in [0.2, 0.25) is 10.0 Å². The van der Waals surface area contributed by atoms with E-state index in [-0.39, 0.29) is 6.61 Å². The second kappa shape index (κ2) is 12.5. The van der Waals surface area contributed by atoms with Crippen LogP contribution in [0.5, 0.6) is 17.2 Å². The van der Waals surface area contributed by atoms with Gasteiger partial charge in [-0.1, -0.05) is 54.1 Å². The monoisotopic (exact) mass is 562 g/mol. The molecule has 3 rings (SSSR count). The van der Waals surface area contributed by atoms with Crippen LogP contribution in [-0.4, -0.2) is 25.8 Å². The quantitative estimate of drug-likeness (QED) is 0.170. The van der Waals surface area contributed by atoms with Crippen molar-refractivity contribution in [2.75, 3.05) is 13.7 Å². The number of methoxy groups -OCH3 is 1. The second-order valence-corrected chi connectivity index (χ2v) is 8.55. The van der Waals surface area contributed by atoms with Crippen molar-refractivity contribution in [1.29, 1.82) is 0 Å². The molecule has 0 aliphatic heterocycles. The molecule has 0 bridgehead atoms. The van der Waals surface area contributed by atoms with Gasteiger partial charge in [-0.25, -0.2) is 5.43 Å². The van der Waals surface area contributed by atoms with Gasteiger partial charge in [-0.2, -0.15) is 5.10 Å². The number of carbonyl (C=O) groups excluding carboxylic acids is 1. The molecular formula is C25H21BrCl2N2O4. The minimum Gasteiger partial charge on any atom is -0.493 e. The topological polar surface area (TPSA) is 69.2 Å². The highest BCUT2D eigenvalue weighted by Gasteiger charge is 2.13. The van der Waals surface area contributed by atoms with Gasteiger partial charge in [-0.05, 0) is 57.9 Å². The van der Waals surface area contributed by atoms with E-state index in [0.29, 0.717) is 49.5 Å². The molecule has 0 fully saturated rings. The molecule has 0 aromatic heterocycles. The second-order valence-electron chi connectivity index (χ2n) is 6.85. The molecule has 6 nitrogen and oxygen atoms in total. The van der Waals surface area contributed by atoms with Crippen LogP contribution in [0.4, 0.5) is 0 Å². The lowest BCUT2D eigenvalue weighted by Crippen LogP contribution is -2.18. The fraction of sp³-hybridized carbons (Fsp3) is 0.120. The van der Waals surface area contributed by atoms with Crippen molar-refractivity contribution in [3.8, 4) is 17.2 Å². The highest BCUT2D eigenvalue weighted by Crippen LogP contribution is 2.36. The van der Waals surface area contributed by atoms with E-state index in [1.165, 1.54) is 6.21 Å². The van der Waals surface area contributed by atoms with Gasteiger partial charge in [0.1, 0.15) is 19.0 Å². The number of hydrogen-bond acceptors (Lipinski definition) is 5. The molecular weight excluding hydrogens is 543 g/mol. The SMILES string of the molecule is C=CCOc1c(Br)cc(/C=N/NC(=O)c2ccccc2OCc2ccc(Cl)cc2Cl)cc1OC. The molecule has 9 heteroatoms. The number of carbonyl (C=O) groups is 1. The molecule has 1 N–H and O–H groups in total. The molecule has 1 amide bonds. The third-order valence-corrected chi connectivity index (χ3v) is 5.68. The largest absolute Gasteiger partial charge is 0.493 e. The molecule has 0 saturated heterocycles. The number of benzene rings is 3. The van der Waals surface area contributed by atoms with Gasteiger partial charge in [0.15, 0.2) is 11.5 Å². The Balaban J connectivity index is 1.69. The van der Waals surface area contributed by atoms with Gasteiger partial charge in [0.05, 0.1) is 23.4 Å². The van der Waals surface area contributed by atoms with Gasteiger partial charge >= 0.3 is 0 Å². The Kier molecular flexibility index (Phi) is 9.39. The number of hydrazone groups is 1. The van der Waals surface area contributed by atoms with Crippen LogP contribution < -0.4 is 19.6 Å². The number of rotatable bonds is 10. The highest BCUT2D eigenvalue weighted by molar-refractivity contribution is 9.10. The first-order valence-corrected chi connectivity index (χ1v) is 11.6. The van der Waals surface area contributed by atoms with E-state index in [2.05, 4.69) is 33.0 Å². The van der Waals surface area contributed by atoms with E-state index in [1.54, 1.807) is 67.8 Å². The number of nitrogens with zero attached hydrogens (tertiary/aromatic N) is 1. The standard InChI is InChI=1S/C25H21BrCl2N2O4/c1-3-10-33-24-20(26)11-16(12-23(24)32-2)14-29-30-25(31)19-6-4-5-7-22(19)34-15-17-8-9-18(27)13-21(17)28/h3-9,11-14H,1,10,15H2,2H3,(H,30,31)/b29-14+. The Hall–Kier alpha value is -3.00. The summed E-state index contributed by atoms with van der Waals surface area (Å²) in [5.41, 5.74) is 4.29. The lowest BCUT2D eigenvalue weighted by atomic mass is 10.2. The first-order valence-electron chi connectivity index (χ1n) is 10.0. The fourth-order valence-electron chi connectivity index (χ4n) is 2.90. The molecule has 3 aromatic carbocycles. The summed E-state index contributed by atoms with van der Waals surface area (Å²) in [7, 11) is 1.54. The Labute approximate surface area is 216 Å². The fourth-order valence-corrected chi connectivity index (χ4v) is 3.93. The molecule has 0 aliphatic carbocycles. The molecule has 0 spiro atoms. The third-order valence-electron chi connectivity index (χ3n) is 4.51. The summed E-state index contributed by atoms with van der Waals surface area (Å²) >= 11 is 15.6. The van der Waals surface area contributed by atoms with Crippen LogP contribution >= 0.6 is 39.1 Å². The van der Waals surface area contributed by atoms with Crippen molar-refractivity contribution in [3.05, 3.63) is 98.5 Å². The van der Waals surface area contributed by atoms with Crippen molar-refractivity contribution >= 4 is 51.3 Å². The summed E-state index contributed by atoms with van der Waals surface area (Å²) < 4.78 is 17.5. The predicted molar refractivity (Wildman–Crippen MR) is 139 cm³/mol. The average molecular weight is 564 g/mol. The molecule has 0 saturated carbocycles. The van der Waals surface area contributed by atoms with Crippen molar-refractivity contribution in [2.24, 2.45) is 5.10 Å². The van der Waals surface area contributed by atoms with Crippen LogP contribution in [0.1, 0.15) is 21.5 Å². The van der Waals surface area contributed by atoms with Crippen molar-refractivity contribution in [1.82, 2.24) is 5.43 Å². The predicted octanol–water partition coefficient (Wildman–Crippen LogP) is 6.67. The maximum Gasteiger partial charge on any atom is 0.275 e. The number of para-hydroxylation sites is 1. The molecule has 0 aliphatic rings. The Morgan fingerprint density at radius 2 is 1.91 bits per heavy atom. The zero-order valence-corrected chi connectivity index (χ0v) is 21.3. The number of hydrogen-bond donors (Lipinski definition) is 1. The Morgan fingerprint density at radius 1 is 1.12 bits per heavy atom. The highest BCUT2D eigenvalue weighted by atomic mass is 79.9. The molecule has 176 valence electrons. The number of nitrogens with one attached hydrogen (secondary N) is 1. The number of ether oxygens (including phenoxy) is 3. The van der Waals surface area contributed by atoms with Crippen molar-refractivity contribution < 1.29 is 19.0 Å². The van der Waals surface area contributed by atoms with Gasteiger partial charge in [0.2, 0.25) is 0 Å². The van der Waals surface area contributed by atoms with Crippen LogP contribution in [0, 0.1) is 0 Å². The molecule has 0 heterocycles. The molecule has 34 heavy (non-hydrogen) atoms. The summed E-state index contributed by atoms with van der Waals surface area (Å²) in [6.07, 6.45) is 3.14. The van der Waals surface area contributed by atoms with Crippen LogP contribution in [-0.2, 0) is 6.61 Å². The first kappa shape index (κ1) is 25.6. The summed E-state index contributed by atoms with van der Waals surface area (Å²) in [6.45, 7) is 4.15. The van der Waals surface area contributed by atoms with Gasteiger partial charge in [0.25, 0.3) is 5.91 Å². The van der Waals surface area contributed by atoms with Crippen LogP contribution in [0.25, 0.3) is 0 Å². The molecule has 0 radical (unpaired) electrons. The average Bonchev–Trinajstić information content (AvgIpc) is 2.82. The number of halogens is 3. The lowest BCUT2D eigenvalue weighted by Gasteiger charge is -2.12. The minimum absolute atomic E-state index is 0.178. The van der Waals surface area contributed by atoms with Crippen molar-refractivity contribution in [3.63, 3.8) is 0 Å². The Morgan fingerprint density at radius 3 is 2.65 bits per heavy atom. The van der Waals surface area contributed by atoms with E-state index in [1.807, 2.05) is 0 Å². The van der Waals surface area contributed by atoms with E-state index < -0.39 is 5.91 Å². The molecule has 0 atom stereocenters. The van der Waals surface area contributed by atoms with E-state index in [4.69, 9.17) is 37.4 Å².